The number of halogens is 1. The fourth-order valence-electron chi connectivity index (χ4n) is 0.966. The van der Waals surface area contributed by atoms with Crippen LogP contribution in [0.1, 0.15) is 4.88 Å². The number of nitrogens with zero attached hydrogens (tertiary/aromatic N) is 2. The Hall–Kier alpha value is -1.08. The lowest BCUT2D eigenvalue weighted by molar-refractivity contribution is 1.06. The molecule has 2 aromatic rings. The van der Waals surface area contributed by atoms with Gasteiger partial charge in [-0.25, -0.2) is 5.10 Å². The van der Waals surface area contributed by atoms with Crippen molar-refractivity contribution in [1.29, 1.82) is 0 Å². The average Bonchev–Trinajstić information content (AvgIpc) is 2.72. The molecule has 0 aliphatic heterocycles. The van der Waals surface area contributed by atoms with Crippen LogP contribution in [0.3, 0.4) is 0 Å². The van der Waals surface area contributed by atoms with E-state index >= 15 is 0 Å². The summed E-state index contributed by atoms with van der Waals surface area (Å²) in [4.78, 5) is 5.13. The summed E-state index contributed by atoms with van der Waals surface area (Å²) in [7, 11) is 0. The molecular weight excluding hydrogens is 266 g/mol. The van der Waals surface area contributed by atoms with E-state index in [4.69, 9.17) is 5.73 Å². The quantitative estimate of drug-likeness (QED) is 0.797. The summed E-state index contributed by atoms with van der Waals surface area (Å²) < 4.78 is 1.11. The highest BCUT2D eigenvalue weighted by Gasteiger charge is 2.00. The van der Waals surface area contributed by atoms with Crippen molar-refractivity contribution in [1.82, 2.24) is 15.2 Å². The van der Waals surface area contributed by atoms with Gasteiger partial charge in [-0.2, -0.15) is 4.98 Å². The molecule has 0 aromatic carbocycles. The van der Waals surface area contributed by atoms with Crippen molar-refractivity contribution in [2.45, 2.75) is 6.54 Å². The number of rotatable bonds is 3. The first kappa shape index (κ1) is 9.47. The number of aromatic nitrogens is 3. The topological polar surface area (TPSA) is 79.6 Å². The van der Waals surface area contributed by atoms with E-state index in [9.17, 15) is 0 Å². The molecule has 2 aromatic heterocycles. The van der Waals surface area contributed by atoms with Crippen molar-refractivity contribution in [2.24, 2.45) is 0 Å². The van der Waals surface area contributed by atoms with Crippen LogP contribution in [0.25, 0.3) is 0 Å². The molecule has 0 amide bonds. The minimum Gasteiger partial charge on any atom is -0.368 e. The maximum absolute atomic E-state index is 5.38. The van der Waals surface area contributed by atoms with Gasteiger partial charge in [-0.1, -0.05) is 0 Å². The zero-order chi connectivity index (χ0) is 9.97. The SMILES string of the molecule is Nc1nc(NCc2ccc(Br)s2)n[nH]1. The van der Waals surface area contributed by atoms with Crippen molar-refractivity contribution in [2.75, 3.05) is 11.1 Å². The van der Waals surface area contributed by atoms with Gasteiger partial charge < -0.3 is 11.1 Å². The summed E-state index contributed by atoms with van der Waals surface area (Å²) in [5.74, 6) is 0.840. The van der Waals surface area contributed by atoms with Crippen LogP contribution in [0.15, 0.2) is 15.9 Å². The van der Waals surface area contributed by atoms with Gasteiger partial charge in [-0.15, -0.1) is 16.4 Å². The molecule has 14 heavy (non-hydrogen) atoms. The molecule has 4 N–H and O–H groups in total. The molecule has 0 atom stereocenters. The van der Waals surface area contributed by atoms with Crippen LogP contribution in [0, 0.1) is 0 Å². The lowest BCUT2D eigenvalue weighted by Gasteiger charge is -1.96. The van der Waals surface area contributed by atoms with E-state index < -0.39 is 0 Å². The average molecular weight is 274 g/mol. The number of aromatic amines is 1. The molecule has 0 radical (unpaired) electrons. The monoisotopic (exact) mass is 273 g/mol. The van der Waals surface area contributed by atoms with E-state index in [1.165, 1.54) is 4.88 Å². The number of anilines is 2. The van der Waals surface area contributed by atoms with Gasteiger partial charge in [0.2, 0.25) is 11.9 Å². The summed E-state index contributed by atoms with van der Waals surface area (Å²) in [5, 5.41) is 9.47. The summed E-state index contributed by atoms with van der Waals surface area (Å²) in [5.41, 5.74) is 5.38. The van der Waals surface area contributed by atoms with Crippen molar-refractivity contribution in [3.05, 3.63) is 20.8 Å². The number of nitrogen functional groups attached to an aromatic ring is 1. The Bertz CT molecular complexity index is 383. The first-order valence-corrected chi connectivity index (χ1v) is 5.51. The van der Waals surface area contributed by atoms with E-state index in [0.29, 0.717) is 18.4 Å². The number of nitrogens with two attached hydrogens (primary N) is 1. The molecule has 0 aliphatic rings. The second kappa shape index (κ2) is 3.97. The van der Waals surface area contributed by atoms with Crippen LogP contribution in [0.2, 0.25) is 0 Å². The number of hydrogen-bond acceptors (Lipinski definition) is 5. The predicted molar refractivity (Wildman–Crippen MR) is 60.1 cm³/mol. The fourth-order valence-corrected chi connectivity index (χ4v) is 2.39. The van der Waals surface area contributed by atoms with Crippen LogP contribution >= 0.6 is 27.3 Å². The molecule has 0 spiro atoms. The maximum Gasteiger partial charge on any atom is 0.243 e. The van der Waals surface area contributed by atoms with Crippen LogP contribution in [-0.2, 0) is 6.54 Å². The Morgan fingerprint density at radius 1 is 1.57 bits per heavy atom. The molecular formula is C7H8BrN5S. The summed E-state index contributed by atoms with van der Waals surface area (Å²) in [6.45, 7) is 0.702. The Balaban J connectivity index is 1.94. The van der Waals surface area contributed by atoms with E-state index in [1.54, 1.807) is 11.3 Å². The van der Waals surface area contributed by atoms with Gasteiger partial charge in [0.25, 0.3) is 0 Å². The fraction of sp³-hybridized carbons (Fsp3) is 0.143. The highest BCUT2D eigenvalue weighted by Crippen LogP contribution is 2.22. The molecule has 0 saturated carbocycles. The van der Waals surface area contributed by atoms with E-state index in [0.717, 1.165) is 3.79 Å². The molecule has 0 bridgehead atoms. The molecule has 2 heterocycles. The second-order valence-corrected chi connectivity index (χ2v) is 5.15. The third kappa shape index (κ3) is 2.24. The van der Waals surface area contributed by atoms with Gasteiger partial charge in [0.15, 0.2) is 0 Å². The maximum atomic E-state index is 5.38. The highest BCUT2D eigenvalue weighted by atomic mass is 79.9. The third-order valence-corrected chi connectivity index (χ3v) is 3.18. The lowest BCUT2D eigenvalue weighted by Crippen LogP contribution is -1.99. The van der Waals surface area contributed by atoms with E-state index in [-0.39, 0.29) is 0 Å². The van der Waals surface area contributed by atoms with Gasteiger partial charge in [0, 0.05) is 4.88 Å². The van der Waals surface area contributed by atoms with Crippen molar-refractivity contribution < 1.29 is 0 Å². The van der Waals surface area contributed by atoms with Crippen molar-refractivity contribution in [3.63, 3.8) is 0 Å². The van der Waals surface area contributed by atoms with Crippen molar-refractivity contribution >= 4 is 39.2 Å². The minimum absolute atomic E-state index is 0.319. The summed E-state index contributed by atoms with van der Waals surface area (Å²) in [6, 6.07) is 4.05. The normalized spacial score (nSPS) is 10.4. The Kier molecular flexibility index (Phi) is 2.69. The zero-order valence-corrected chi connectivity index (χ0v) is 9.52. The Morgan fingerprint density at radius 2 is 2.43 bits per heavy atom. The minimum atomic E-state index is 0.319. The van der Waals surface area contributed by atoms with Gasteiger partial charge >= 0.3 is 0 Å². The molecule has 0 aliphatic carbocycles. The molecule has 7 heteroatoms. The van der Waals surface area contributed by atoms with Gasteiger partial charge in [-0.3, -0.25) is 0 Å². The molecule has 0 saturated heterocycles. The van der Waals surface area contributed by atoms with Gasteiger partial charge in [-0.05, 0) is 28.1 Å². The number of H-pyrrole nitrogens is 1. The van der Waals surface area contributed by atoms with Crippen LogP contribution in [-0.4, -0.2) is 15.2 Å². The second-order valence-electron chi connectivity index (χ2n) is 2.60. The highest BCUT2D eigenvalue weighted by molar-refractivity contribution is 9.11. The van der Waals surface area contributed by atoms with Crippen LogP contribution < -0.4 is 11.1 Å². The molecule has 0 unspecified atom stereocenters. The van der Waals surface area contributed by atoms with E-state index in [1.807, 2.05) is 12.1 Å². The number of thiophene rings is 1. The smallest absolute Gasteiger partial charge is 0.243 e. The van der Waals surface area contributed by atoms with Gasteiger partial charge in [0.05, 0.1) is 10.3 Å². The van der Waals surface area contributed by atoms with Crippen molar-refractivity contribution in [3.8, 4) is 0 Å². The largest absolute Gasteiger partial charge is 0.368 e. The Labute approximate surface area is 92.9 Å². The third-order valence-electron chi connectivity index (χ3n) is 1.55. The lowest BCUT2D eigenvalue weighted by atomic mass is 10.5. The summed E-state index contributed by atoms with van der Waals surface area (Å²) >= 11 is 5.07. The molecule has 74 valence electrons. The number of nitrogens with one attached hydrogen (secondary N) is 2. The molecule has 2 rings (SSSR count). The number of hydrogen-bond donors (Lipinski definition) is 3. The van der Waals surface area contributed by atoms with Gasteiger partial charge in [0.1, 0.15) is 0 Å². The first-order valence-electron chi connectivity index (χ1n) is 3.90. The molecule has 0 fully saturated rings. The Morgan fingerprint density at radius 3 is 3.00 bits per heavy atom. The molecule has 5 nitrogen and oxygen atoms in total. The van der Waals surface area contributed by atoms with Crippen LogP contribution in [0.4, 0.5) is 11.9 Å². The summed E-state index contributed by atoms with van der Waals surface area (Å²) in [6.07, 6.45) is 0. The van der Waals surface area contributed by atoms with E-state index in [2.05, 4.69) is 36.4 Å². The standard InChI is InChI=1S/C7H8BrN5S/c8-5-2-1-4(14-5)3-10-7-11-6(9)12-13-7/h1-2H,3H2,(H4,9,10,11,12,13). The predicted octanol–water partition coefficient (Wildman–Crippen LogP) is 1.82. The zero-order valence-electron chi connectivity index (χ0n) is 7.12. The first-order chi connectivity index (χ1) is 6.74. The van der Waals surface area contributed by atoms with Crippen LogP contribution in [0.5, 0.6) is 0 Å².